The monoisotopic (exact) mass is 504 g/mol. The number of rotatable bonds is 18. The Morgan fingerprint density at radius 2 is 1.22 bits per heavy atom. The van der Waals surface area contributed by atoms with Crippen molar-refractivity contribution in [1.29, 1.82) is 0 Å². The molecule has 0 radical (unpaired) electrons. The predicted octanol–water partition coefficient (Wildman–Crippen LogP) is 9.79. The number of alkyl halides is 1. The van der Waals surface area contributed by atoms with Crippen molar-refractivity contribution in [3.63, 3.8) is 0 Å². The van der Waals surface area contributed by atoms with Gasteiger partial charge in [-0.2, -0.15) is 0 Å². The van der Waals surface area contributed by atoms with Crippen LogP contribution in [0.15, 0.2) is 60.9 Å². The summed E-state index contributed by atoms with van der Waals surface area (Å²) in [5.41, 5.74) is 4.46. The molecule has 3 rings (SSSR count). The standard InChI is InChI=1S/C33H45FN2O/c1-3-5-6-7-8-9-10-11-12-13-15-27-16-18-28(19-17-27)30-24-35-33(36-25-30)29-20-22-32(23-21-29)37-26-31(34)14-4-2/h16-25,31H,3-15,26H2,1-2H3. The van der Waals surface area contributed by atoms with Gasteiger partial charge in [-0.15, -0.1) is 0 Å². The maximum Gasteiger partial charge on any atom is 0.159 e. The number of unbranched alkanes of at least 4 members (excludes halogenated alkanes) is 9. The van der Waals surface area contributed by atoms with E-state index in [4.69, 9.17) is 4.74 Å². The molecule has 0 saturated heterocycles. The van der Waals surface area contributed by atoms with Crippen LogP contribution in [0.1, 0.15) is 96.5 Å². The molecule has 0 aliphatic heterocycles. The highest BCUT2D eigenvalue weighted by molar-refractivity contribution is 5.64. The quantitative estimate of drug-likeness (QED) is 0.162. The van der Waals surface area contributed by atoms with E-state index in [1.54, 1.807) is 0 Å². The SMILES string of the molecule is CCCCCCCCCCCCc1ccc(-c2cnc(-c3ccc(OCC(F)CCC)cc3)nc2)cc1. The zero-order valence-electron chi connectivity index (χ0n) is 22.9. The van der Waals surface area contributed by atoms with Crippen LogP contribution in [0.2, 0.25) is 0 Å². The Bertz CT molecular complexity index is 986. The van der Waals surface area contributed by atoms with Gasteiger partial charge in [-0.05, 0) is 54.7 Å². The maximum absolute atomic E-state index is 13.6. The topological polar surface area (TPSA) is 35.0 Å². The summed E-state index contributed by atoms with van der Waals surface area (Å²) in [7, 11) is 0. The first-order valence-electron chi connectivity index (χ1n) is 14.5. The minimum absolute atomic E-state index is 0.0937. The lowest BCUT2D eigenvalue weighted by Crippen LogP contribution is -2.12. The molecule has 1 aromatic heterocycles. The van der Waals surface area contributed by atoms with Crippen LogP contribution < -0.4 is 4.74 Å². The van der Waals surface area contributed by atoms with Crippen LogP contribution in [0.3, 0.4) is 0 Å². The molecule has 1 atom stereocenters. The third kappa shape index (κ3) is 10.6. The van der Waals surface area contributed by atoms with Crippen LogP contribution >= 0.6 is 0 Å². The highest BCUT2D eigenvalue weighted by Crippen LogP contribution is 2.23. The highest BCUT2D eigenvalue weighted by atomic mass is 19.1. The van der Waals surface area contributed by atoms with Gasteiger partial charge in [0.05, 0.1) is 0 Å². The van der Waals surface area contributed by atoms with Gasteiger partial charge in [-0.25, -0.2) is 14.4 Å². The number of hydrogen-bond acceptors (Lipinski definition) is 3. The molecular weight excluding hydrogens is 459 g/mol. The van der Waals surface area contributed by atoms with Gasteiger partial charge in [0, 0.05) is 23.5 Å². The molecule has 4 heteroatoms. The van der Waals surface area contributed by atoms with Crippen molar-refractivity contribution >= 4 is 0 Å². The van der Waals surface area contributed by atoms with Gasteiger partial charge in [0.15, 0.2) is 5.82 Å². The van der Waals surface area contributed by atoms with Gasteiger partial charge >= 0.3 is 0 Å². The van der Waals surface area contributed by atoms with Crippen molar-refractivity contribution in [3.8, 4) is 28.3 Å². The Hall–Kier alpha value is -2.75. The fraction of sp³-hybridized carbons (Fsp3) is 0.515. The van der Waals surface area contributed by atoms with Crippen molar-refractivity contribution < 1.29 is 9.13 Å². The molecular formula is C33H45FN2O. The minimum Gasteiger partial charge on any atom is -0.491 e. The molecule has 0 fully saturated rings. The lowest BCUT2D eigenvalue weighted by Gasteiger charge is -2.10. The van der Waals surface area contributed by atoms with Crippen LogP contribution in [0.4, 0.5) is 4.39 Å². The summed E-state index contributed by atoms with van der Waals surface area (Å²) in [5.74, 6) is 1.33. The molecule has 0 bridgehead atoms. The number of halogens is 1. The van der Waals surface area contributed by atoms with Crippen LogP contribution in [-0.4, -0.2) is 22.7 Å². The van der Waals surface area contributed by atoms with E-state index in [2.05, 4.69) is 41.2 Å². The molecule has 1 heterocycles. The molecule has 3 aromatic rings. The summed E-state index contributed by atoms with van der Waals surface area (Å²) in [5, 5.41) is 0. The van der Waals surface area contributed by atoms with E-state index in [1.807, 2.05) is 43.6 Å². The number of aryl methyl sites for hydroxylation is 1. The first kappa shape index (κ1) is 28.8. The van der Waals surface area contributed by atoms with Gasteiger partial charge in [-0.1, -0.05) is 102 Å². The molecule has 0 aliphatic rings. The summed E-state index contributed by atoms with van der Waals surface area (Å²) in [6.45, 7) is 4.34. The molecule has 2 aromatic carbocycles. The lowest BCUT2D eigenvalue weighted by atomic mass is 10.0. The third-order valence-corrected chi connectivity index (χ3v) is 6.90. The minimum atomic E-state index is -0.922. The lowest BCUT2D eigenvalue weighted by molar-refractivity contribution is 0.186. The Kier molecular flexibility index (Phi) is 13.2. The Morgan fingerprint density at radius 1 is 0.649 bits per heavy atom. The fourth-order valence-electron chi connectivity index (χ4n) is 4.59. The van der Waals surface area contributed by atoms with E-state index in [9.17, 15) is 4.39 Å². The van der Waals surface area contributed by atoms with E-state index >= 15 is 0 Å². The second-order valence-electron chi connectivity index (χ2n) is 10.1. The maximum atomic E-state index is 13.6. The number of nitrogens with zero attached hydrogens (tertiary/aromatic N) is 2. The van der Waals surface area contributed by atoms with Crippen molar-refractivity contribution in [2.75, 3.05) is 6.61 Å². The van der Waals surface area contributed by atoms with E-state index in [0.29, 0.717) is 18.0 Å². The van der Waals surface area contributed by atoms with Gasteiger partial charge in [0.25, 0.3) is 0 Å². The Balaban J connectivity index is 1.39. The van der Waals surface area contributed by atoms with Crippen molar-refractivity contribution in [1.82, 2.24) is 9.97 Å². The second kappa shape index (κ2) is 16.9. The summed E-state index contributed by atoms with van der Waals surface area (Å²) >= 11 is 0. The van der Waals surface area contributed by atoms with Crippen LogP contribution in [0.5, 0.6) is 5.75 Å². The molecule has 0 aliphatic carbocycles. The summed E-state index contributed by atoms with van der Waals surface area (Å²) < 4.78 is 19.2. The fourth-order valence-corrected chi connectivity index (χ4v) is 4.59. The Morgan fingerprint density at radius 3 is 1.81 bits per heavy atom. The third-order valence-electron chi connectivity index (χ3n) is 6.90. The average molecular weight is 505 g/mol. The number of ether oxygens (including phenoxy) is 1. The van der Waals surface area contributed by atoms with Crippen LogP contribution in [0.25, 0.3) is 22.5 Å². The van der Waals surface area contributed by atoms with Crippen molar-refractivity contribution in [3.05, 3.63) is 66.5 Å². The molecule has 200 valence electrons. The molecule has 0 amide bonds. The van der Waals surface area contributed by atoms with E-state index < -0.39 is 6.17 Å². The van der Waals surface area contributed by atoms with Crippen LogP contribution in [-0.2, 0) is 6.42 Å². The van der Waals surface area contributed by atoms with Crippen molar-refractivity contribution in [2.24, 2.45) is 0 Å². The second-order valence-corrected chi connectivity index (χ2v) is 10.1. The van der Waals surface area contributed by atoms with E-state index in [1.165, 1.54) is 69.8 Å². The Labute approximate surface area is 223 Å². The summed E-state index contributed by atoms with van der Waals surface area (Å²) in [4.78, 5) is 9.14. The van der Waals surface area contributed by atoms with Gasteiger partial charge < -0.3 is 4.74 Å². The van der Waals surface area contributed by atoms with Crippen molar-refractivity contribution in [2.45, 2.75) is 103 Å². The number of hydrogen-bond donors (Lipinski definition) is 0. The average Bonchev–Trinajstić information content (AvgIpc) is 2.94. The smallest absolute Gasteiger partial charge is 0.159 e. The zero-order chi connectivity index (χ0) is 26.1. The molecule has 0 spiro atoms. The normalized spacial score (nSPS) is 12.0. The van der Waals surface area contributed by atoms with E-state index in [-0.39, 0.29) is 6.61 Å². The summed E-state index contributed by atoms with van der Waals surface area (Å²) in [6, 6.07) is 16.3. The first-order chi connectivity index (χ1) is 18.2. The zero-order valence-corrected chi connectivity index (χ0v) is 22.9. The predicted molar refractivity (Wildman–Crippen MR) is 154 cm³/mol. The first-order valence-corrected chi connectivity index (χ1v) is 14.5. The van der Waals surface area contributed by atoms with Crippen LogP contribution in [0, 0.1) is 0 Å². The summed E-state index contributed by atoms with van der Waals surface area (Å²) in [6.07, 6.45) is 19.0. The molecule has 37 heavy (non-hydrogen) atoms. The molecule has 0 saturated carbocycles. The molecule has 1 unspecified atom stereocenters. The largest absolute Gasteiger partial charge is 0.491 e. The number of benzene rings is 2. The van der Waals surface area contributed by atoms with E-state index in [0.717, 1.165) is 29.5 Å². The molecule has 0 N–H and O–H groups in total. The molecule has 3 nitrogen and oxygen atoms in total. The van der Waals surface area contributed by atoms with Gasteiger partial charge in [0.1, 0.15) is 18.5 Å². The van der Waals surface area contributed by atoms with Gasteiger partial charge in [0.2, 0.25) is 0 Å². The highest BCUT2D eigenvalue weighted by Gasteiger charge is 2.08. The number of aromatic nitrogens is 2. The van der Waals surface area contributed by atoms with Gasteiger partial charge in [-0.3, -0.25) is 0 Å².